The summed E-state index contributed by atoms with van der Waals surface area (Å²) in [6, 6.07) is 11.8. The summed E-state index contributed by atoms with van der Waals surface area (Å²) in [4.78, 5) is 11.8. The van der Waals surface area contributed by atoms with Gasteiger partial charge in [-0.1, -0.05) is 15.9 Å². The molecule has 25 heavy (non-hydrogen) atoms. The van der Waals surface area contributed by atoms with Gasteiger partial charge in [0.15, 0.2) is 0 Å². The van der Waals surface area contributed by atoms with Crippen LogP contribution in [-0.4, -0.2) is 29.4 Å². The van der Waals surface area contributed by atoms with Gasteiger partial charge in [0.05, 0.1) is 12.1 Å². The predicted molar refractivity (Wildman–Crippen MR) is 97.5 cm³/mol. The van der Waals surface area contributed by atoms with Crippen LogP contribution in [0.25, 0.3) is 22.2 Å². The molecule has 6 nitrogen and oxygen atoms in total. The lowest BCUT2D eigenvalue weighted by Crippen LogP contribution is -2.26. The molecule has 0 saturated carbocycles. The Hall–Kier alpha value is -2.54. The van der Waals surface area contributed by atoms with Crippen LogP contribution in [0.5, 0.6) is 5.75 Å². The maximum Gasteiger partial charge on any atom is 0.407 e. The van der Waals surface area contributed by atoms with Crippen LogP contribution in [0.1, 0.15) is 12.0 Å². The second-order valence-electron chi connectivity index (χ2n) is 5.83. The number of carbonyl (C=O) groups is 1. The lowest BCUT2D eigenvalue weighted by molar-refractivity contribution is 0.139. The number of fused-ring (bicyclic) bond motifs is 4. The molecule has 0 spiro atoms. The van der Waals surface area contributed by atoms with Crippen molar-refractivity contribution in [3.05, 3.63) is 46.4 Å². The van der Waals surface area contributed by atoms with Crippen molar-refractivity contribution >= 4 is 32.9 Å². The van der Waals surface area contributed by atoms with E-state index in [0.717, 1.165) is 37.9 Å². The third-order valence-electron chi connectivity index (χ3n) is 3.99. The largest absolute Gasteiger partial charge is 0.494 e. The van der Waals surface area contributed by atoms with E-state index in [1.807, 2.05) is 36.4 Å². The second-order valence-corrected chi connectivity index (χ2v) is 6.75. The Morgan fingerprint density at radius 3 is 2.96 bits per heavy atom. The average Bonchev–Trinajstić information content (AvgIpc) is 3.02. The third kappa shape index (κ3) is 3.46. The molecule has 4 bridgehead atoms. The molecule has 1 aliphatic rings. The third-order valence-corrected chi connectivity index (χ3v) is 4.45. The maximum atomic E-state index is 11.8. The Balaban J connectivity index is 1.81. The van der Waals surface area contributed by atoms with Gasteiger partial charge in [-0.05, 0) is 48.4 Å². The summed E-state index contributed by atoms with van der Waals surface area (Å²) >= 11 is 3.52. The molecule has 2 N–H and O–H groups in total. The SMILES string of the molecule is O=C1NCCCOc2ccc3[nH]nc(c3c2)-c2cc(Br)cc(c2)CO1. The number of hydrogen-bond donors (Lipinski definition) is 2. The average molecular weight is 402 g/mol. The standard InChI is InChI=1S/C18H16BrN3O3/c19-13-7-11-6-12(8-13)17-15-9-14(2-3-16(15)21-22-17)24-5-1-4-20-18(23)25-10-11/h2-3,6-9H,1,4-5,10H2,(H,20,23)(H,21,22). The van der Waals surface area contributed by atoms with Gasteiger partial charge in [-0.15, -0.1) is 0 Å². The molecule has 2 heterocycles. The fourth-order valence-electron chi connectivity index (χ4n) is 2.83. The summed E-state index contributed by atoms with van der Waals surface area (Å²) < 4.78 is 12.0. The van der Waals surface area contributed by atoms with Gasteiger partial charge in [-0.3, -0.25) is 5.10 Å². The topological polar surface area (TPSA) is 76.2 Å². The number of cyclic esters (lactones) is 1. The quantitative estimate of drug-likeness (QED) is 0.596. The van der Waals surface area contributed by atoms with Crippen LogP contribution < -0.4 is 10.1 Å². The van der Waals surface area contributed by atoms with Crippen LogP contribution in [-0.2, 0) is 11.3 Å². The smallest absolute Gasteiger partial charge is 0.407 e. The fourth-order valence-corrected chi connectivity index (χ4v) is 3.37. The van der Waals surface area contributed by atoms with Crippen molar-refractivity contribution in [2.24, 2.45) is 0 Å². The van der Waals surface area contributed by atoms with Gasteiger partial charge in [-0.25, -0.2) is 4.79 Å². The zero-order valence-electron chi connectivity index (χ0n) is 13.3. The summed E-state index contributed by atoms with van der Waals surface area (Å²) in [5.41, 5.74) is 3.60. The highest BCUT2D eigenvalue weighted by Gasteiger charge is 2.12. The molecule has 0 aliphatic carbocycles. The number of rotatable bonds is 0. The van der Waals surface area contributed by atoms with Crippen molar-refractivity contribution in [3.63, 3.8) is 0 Å². The van der Waals surface area contributed by atoms with Gasteiger partial charge < -0.3 is 14.8 Å². The maximum absolute atomic E-state index is 11.8. The Bertz CT molecular complexity index is 938. The minimum Gasteiger partial charge on any atom is -0.494 e. The Kier molecular flexibility index (Phi) is 4.31. The monoisotopic (exact) mass is 401 g/mol. The highest BCUT2D eigenvalue weighted by atomic mass is 79.9. The van der Waals surface area contributed by atoms with Gasteiger partial charge in [0.1, 0.15) is 18.1 Å². The van der Waals surface area contributed by atoms with Gasteiger partial charge in [0, 0.05) is 22.0 Å². The highest BCUT2D eigenvalue weighted by Crippen LogP contribution is 2.31. The van der Waals surface area contributed by atoms with Crippen LogP contribution in [0.2, 0.25) is 0 Å². The first-order valence-electron chi connectivity index (χ1n) is 8.00. The minimum absolute atomic E-state index is 0.197. The summed E-state index contributed by atoms with van der Waals surface area (Å²) in [6.45, 7) is 1.21. The molecule has 128 valence electrons. The highest BCUT2D eigenvalue weighted by molar-refractivity contribution is 9.10. The predicted octanol–water partition coefficient (Wildman–Crippen LogP) is 4.00. The van der Waals surface area contributed by atoms with Crippen molar-refractivity contribution in [1.29, 1.82) is 0 Å². The van der Waals surface area contributed by atoms with Crippen LogP contribution >= 0.6 is 15.9 Å². The number of benzene rings is 2. The Morgan fingerprint density at radius 2 is 2.04 bits per heavy atom. The van der Waals surface area contributed by atoms with E-state index in [-0.39, 0.29) is 6.61 Å². The Morgan fingerprint density at radius 1 is 1.12 bits per heavy atom. The van der Waals surface area contributed by atoms with Crippen molar-refractivity contribution in [1.82, 2.24) is 15.5 Å². The number of nitrogens with one attached hydrogen (secondary N) is 2. The molecule has 4 rings (SSSR count). The molecule has 1 amide bonds. The molecule has 7 heteroatoms. The molecule has 1 aromatic heterocycles. The number of nitrogens with zero attached hydrogens (tertiary/aromatic N) is 1. The van der Waals surface area contributed by atoms with Crippen LogP contribution in [0.15, 0.2) is 40.9 Å². The van der Waals surface area contributed by atoms with E-state index in [9.17, 15) is 4.79 Å². The van der Waals surface area contributed by atoms with Crippen LogP contribution in [0.4, 0.5) is 4.79 Å². The van der Waals surface area contributed by atoms with Gasteiger partial charge >= 0.3 is 6.09 Å². The van der Waals surface area contributed by atoms with Crippen molar-refractivity contribution in [2.75, 3.05) is 13.2 Å². The normalized spacial score (nSPS) is 15.0. The van der Waals surface area contributed by atoms with E-state index in [1.165, 1.54) is 0 Å². The van der Waals surface area contributed by atoms with E-state index < -0.39 is 6.09 Å². The number of aromatic nitrogens is 2. The second kappa shape index (κ2) is 6.76. The molecule has 0 saturated heterocycles. The number of ether oxygens (including phenoxy) is 2. The number of amides is 1. The van der Waals surface area contributed by atoms with Crippen molar-refractivity contribution in [2.45, 2.75) is 13.0 Å². The van der Waals surface area contributed by atoms with Gasteiger partial charge in [0.25, 0.3) is 0 Å². The molecular weight excluding hydrogens is 386 g/mol. The molecule has 0 fully saturated rings. The minimum atomic E-state index is -0.431. The number of H-pyrrole nitrogens is 1. The Labute approximate surface area is 152 Å². The lowest BCUT2D eigenvalue weighted by atomic mass is 10.1. The first-order valence-corrected chi connectivity index (χ1v) is 8.80. The van der Waals surface area contributed by atoms with Crippen LogP contribution in [0, 0.1) is 0 Å². The molecular formula is C18H16BrN3O3. The van der Waals surface area contributed by atoms with E-state index in [2.05, 4.69) is 31.4 Å². The number of halogens is 1. The van der Waals surface area contributed by atoms with E-state index in [4.69, 9.17) is 9.47 Å². The first-order chi connectivity index (χ1) is 12.2. The fraction of sp³-hybridized carbons (Fsp3) is 0.222. The lowest BCUT2D eigenvalue weighted by Gasteiger charge is -2.08. The molecule has 2 aromatic carbocycles. The number of alkyl carbamates (subject to hydrolysis) is 1. The summed E-state index contributed by atoms with van der Waals surface area (Å²) in [5.74, 6) is 0.780. The van der Waals surface area contributed by atoms with E-state index in [0.29, 0.717) is 19.6 Å². The molecule has 0 unspecified atom stereocenters. The molecule has 3 aromatic rings. The summed E-state index contributed by atoms with van der Waals surface area (Å²) in [7, 11) is 0. The first kappa shape index (κ1) is 16.0. The van der Waals surface area contributed by atoms with Crippen molar-refractivity contribution < 1.29 is 14.3 Å². The molecule has 0 atom stereocenters. The van der Waals surface area contributed by atoms with E-state index in [1.54, 1.807) is 0 Å². The van der Waals surface area contributed by atoms with E-state index >= 15 is 0 Å². The zero-order valence-corrected chi connectivity index (χ0v) is 14.9. The number of aromatic amines is 1. The number of carbonyl (C=O) groups excluding carboxylic acids is 1. The van der Waals surface area contributed by atoms with Crippen molar-refractivity contribution in [3.8, 4) is 17.0 Å². The molecule has 0 radical (unpaired) electrons. The molecule has 1 aliphatic heterocycles. The van der Waals surface area contributed by atoms with Gasteiger partial charge in [-0.2, -0.15) is 5.10 Å². The number of hydrogen-bond acceptors (Lipinski definition) is 4. The zero-order chi connectivity index (χ0) is 17.2. The summed E-state index contributed by atoms with van der Waals surface area (Å²) in [5, 5.41) is 11.2. The summed E-state index contributed by atoms with van der Waals surface area (Å²) in [6.07, 6.45) is 0.268. The van der Waals surface area contributed by atoms with Crippen LogP contribution in [0.3, 0.4) is 0 Å². The van der Waals surface area contributed by atoms with Gasteiger partial charge in [0.2, 0.25) is 0 Å².